The summed E-state index contributed by atoms with van der Waals surface area (Å²) in [5.41, 5.74) is 4.98. The molecule has 3 atom stereocenters. The van der Waals surface area contributed by atoms with E-state index in [2.05, 4.69) is 75.0 Å². The van der Waals surface area contributed by atoms with Crippen molar-refractivity contribution in [3.8, 4) is 5.88 Å². The van der Waals surface area contributed by atoms with Crippen LogP contribution < -0.4 is 10.3 Å². The minimum absolute atomic E-state index is 0.197. The molecule has 1 aromatic heterocycles. The predicted molar refractivity (Wildman–Crippen MR) is 132 cm³/mol. The molecule has 0 bridgehead atoms. The summed E-state index contributed by atoms with van der Waals surface area (Å²) in [6.45, 7) is 13.5. The van der Waals surface area contributed by atoms with E-state index >= 15 is 0 Å². The van der Waals surface area contributed by atoms with Crippen molar-refractivity contribution in [2.75, 3.05) is 20.2 Å². The largest absolute Gasteiger partial charge is 0.481 e. The first kappa shape index (κ1) is 23.5. The number of ether oxygens (including phenoxy) is 1. The molecule has 8 heteroatoms. The number of hydrazone groups is 1. The predicted octanol–water partition coefficient (Wildman–Crippen LogP) is 4.00. The number of pyridine rings is 1. The Bertz CT molecular complexity index is 936. The number of aliphatic imine (C=N–C) groups is 3. The van der Waals surface area contributed by atoms with Crippen LogP contribution in [0.25, 0.3) is 0 Å². The zero-order chi connectivity index (χ0) is 23.0. The van der Waals surface area contributed by atoms with E-state index in [1.807, 2.05) is 12.2 Å². The van der Waals surface area contributed by atoms with Crippen molar-refractivity contribution in [3.05, 3.63) is 42.6 Å². The summed E-state index contributed by atoms with van der Waals surface area (Å²) in [7, 11) is 1.57. The van der Waals surface area contributed by atoms with Crippen molar-refractivity contribution >= 4 is 30.7 Å². The minimum Gasteiger partial charge on any atom is -0.481 e. The second-order valence-electron chi connectivity index (χ2n) is 8.57. The molecule has 2 heterocycles. The van der Waals surface area contributed by atoms with Gasteiger partial charge in [0.1, 0.15) is 0 Å². The molecule has 1 aromatic rings. The number of nitrogens with one attached hydrogen (secondary N) is 1. The number of hydrazine groups is 1. The highest BCUT2D eigenvalue weighted by Crippen LogP contribution is 2.41. The first-order valence-electron chi connectivity index (χ1n) is 10.9. The van der Waals surface area contributed by atoms with E-state index in [1.165, 1.54) is 0 Å². The maximum atomic E-state index is 5.14. The molecule has 0 saturated heterocycles. The number of aromatic nitrogens is 1. The molecular formula is C24H33N7O. The average Bonchev–Trinajstić information content (AvgIpc) is 3.23. The SMILES string of the molecule is C=NC(C=CC1=NNN(CC2(C)CC[C@@H](N=C)C(/C=C\C)C2)C1)=Nc1ccnc(OC)c1. The van der Waals surface area contributed by atoms with Crippen molar-refractivity contribution in [2.45, 2.75) is 39.2 Å². The van der Waals surface area contributed by atoms with Gasteiger partial charge in [-0.3, -0.25) is 4.99 Å². The quantitative estimate of drug-likeness (QED) is 0.380. The van der Waals surface area contributed by atoms with Crippen LogP contribution in [0.4, 0.5) is 5.69 Å². The van der Waals surface area contributed by atoms with Crippen molar-refractivity contribution in [2.24, 2.45) is 31.4 Å². The molecule has 8 nitrogen and oxygen atoms in total. The Morgan fingerprint density at radius 2 is 2.28 bits per heavy atom. The zero-order valence-electron chi connectivity index (χ0n) is 19.2. The number of hydrogen-bond donors (Lipinski definition) is 1. The Kier molecular flexibility index (Phi) is 8.05. The van der Waals surface area contributed by atoms with Gasteiger partial charge in [-0.2, -0.15) is 5.10 Å². The molecule has 0 spiro atoms. The van der Waals surface area contributed by atoms with E-state index in [1.54, 1.807) is 25.4 Å². The first-order valence-corrected chi connectivity index (χ1v) is 10.9. The molecule has 2 unspecified atom stereocenters. The van der Waals surface area contributed by atoms with Gasteiger partial charge in [-0.1, -0.05) is 19.1 Å². The van der Waals surface area contributed by atoms with Crippen LogP contribution in [0.3, 0.4) is 0 Å². The Balaban J connectivity index is 1.58. The fraction of sp³-hybridized carbons (Fsp3) is 0.458. The highest BCUT2D eigenvalue weighted by molar-refractivity contribution is 6.05. The molecule has 0 amide bonds. The fourth-order valence-corrected chi connectivity index (χ4v) is 4.38. The summed E-state index contributed by atoms with van der Waals surface area (Å²) in [4.78, 5) is 16.9. The first-order chi connectivity index (χ1) is 15.5. The lowest BCUT2D eigenvalue weighted by molar-refractivity contribution is 0.0841. The Morgan fingerprint density at radius 3 is 3.00 bits per heavy atom. The summed E-state index contributed by atoms with van der Waals surface area (Å²) >= 11 is 0. The van der Waals surface area contributed by atoms with Gasteiger partial charge in [0.15, 0.2) is 5.84 Å². The maximum Gasteiger partial charge on any atom is 0.215 e. The minimum atomic E-state index is 0.197. The van der Waals surface area contributed by atoms with Crippen LogP contribution in [0, 0.1) is 11.3 Å². The smallest absolute Gasteiger partial charge is 0.215 e. The highest BCUT2D eigenvalue weighted by atomic mass is 16.5. The summed E-state index contributed by atoms with van der Waals surface area (Å²) in [5, 5.41) is 6.62. The van der Waals surface area contributed by atoms with E-state index in [-0.39, 0.29) is 5.41 Å². The normalized spacial score (nSPS) is 26.8. The molecular weight excluding hydrogens is 402 g/mol. The van der Waals surface area contributed by atoms with Crippen LogP contribution in [0.5, 0.6) is 5.88 Å². The van der Waals surface area contributed by atoms with Gasteiger partial charge in [-0.15, -0.1) is 0 Å². The van der Waals surface area contributed by atoms with Crippen LogP contribution >= 0.6 is 0 Å². The number of nitrogens with zero attached hydrogens (tertiary/aromatic N) is 6. The number of hydrogen-bond acceptors (Lipinski definition) is 7. The molecule has 1 N–H and O–H groups in total. The molecule has 32 heavy (non-hydrogen) atoms. The lowest BCUT2D eigenvalue weighted by Crippen LogP contribution is -2.44. The van der Waals surface area contributed by atoms with Crippen molar-refractivity contribution in [1.82, 2.24) is 15.5 Å². The monoisotopic (exact) mass is 435 g/mol. The van der Waals surface area contributed by atoms with Crippen LogP contribution in [-0.2, 0) is 0 Å². The van der Waals surface area contributed by atoms with Crippen LogP contribution in [0.1, 0.15) is 33.1 Å². The summed E-state index contributed by atoms with van der Waals surface area (Å²) in [5.74, 6) is 1.45. The molecule has 0 aromatic carbocycles. The van der Waals surface area contributed by atoms with Gasteiger partial charge in [0.2, 0.25) is 5.88 Å². The van der Waals surface area contributed by atoms with Crippen LogP contribution in [0.15, 0.2) is 62.7 Å². The average molecular weight is 436 g/mol. The number of methoxy groups -OCH3 is 1. The van der Waals surface area contributed by atoms with Crippen LogP contribution in [-0.4, -0.2) is 61.2 Å². The molecule has 0 radical (unpaired) electrons. The van der Waals surface area contributed by atoms with Gasteiger partial charge < -0.3 is 4.74 Å². The molecule has 1 aliphatic heterocycles. The second kappa shape index (κ2) is 10.9. The molecule has 1 saturated carbocycles. The van der Waals surface area contributed by atoms with Gasteiger partial charge in [0.25, 0.3) is 0 Å². The third kappa shape index (κ3) is 6.20. The van der Waals surface area contributed by atoms with E-state index in [0.717, 1.165) is 38.1 Å². The molecule has 1 aliphatic carbocycles. The molecule has 2 aliphatic rings. The number of amidine groups is 1. The van der Waals surface area contributed by atoms with E-state index in [9.17, 15) is 0 Å². The standard InChI is InChI=1S/C24H33N7O/c1-6-7-18-15-24(2,12-10-21(18)25-3)17-31-16-20(29-30-31)8-9-22(26-4)28-19-11-13-27-23(14-19)32-5/h6-9,11,13-14,18,21,30H,3-4,10,12,15-17H2,1-2,5H3/b7-6-,9-8?,28-22?/t18?,21-,24?/m1/s1. The Labute approximate surface area is 190 Å². The molecule has 1 fully saturated rings. The third-order valence-corrected chi connectivity index (χ3v) is 5.96. The van der Waals surface area contributed by atoms with Crippen molar-refractivity contribution < 1.29 is 4.74 Å². The van der Waals surface area contributed by atoms with Crippen molar-refractivity contribution in [1.29, 1.82) is 0 Å². The van der Waals surface area contributed by atoms with E-state index < -0.39 is 0 Å². The zero-order valence-corrected chi connectivity index (χ0v) is 19.2. The lowest BCUT2D eigenvalue weighted by Gasteiger charge is -2.42. The molecule has 3 rings (SSSR count). The summed E-state index contributed by atoms with van der Waals surface area (Å²) in [6.07, 6.45) is 13.1. The topological polar surface area (TPSA) is 86.8 Å². The van der Waals surface area contributed by atoms with E-state index in [4.69, 9.17) is 4.74 Å². The third-order valence-electron chi connectivity index (χ3n) is 5.96. The van der Waals surface area contributed by atoms with Crippen LogP contribution in [0.2, 0.25) is 0 Å². The number of rotatable bonds is 8. The van der Waals surface area contributed by atoms with Gasteiger partial charge in [0, 0.05) is 18.8 Å². The van der Waals surface area contributed by atoms with Gasteiger partial charge in [-0.25, -0.2) is 25.5 Å². The van der Waals surface area contributed by atoms with Crippen molar-refractivity contribution in [3.63, 3.8) is 0 Å². The van der Waals surface area contributed by atoms with Gasteiger partial charge in [0.05, 0.1) is 31.1 Å². The highest BCUT2D eigenvalue weighted by Gasteiger charge is 2.38. The maximum absolute atomic E-state index is 5.14. The Morgan fingerprint density at radius 1 is 1.44 bits per heavy atom. The fourth-order valence-electron chi connectivity index (χ4n) is 4.38. The number of allylic oxidation sites excluding steroid dienone is 1. The second-order valence-corrected chi connectivity index (χ2v) is 8.57. The van der Waals surface area contributed by atoms with Gasteiger partial charge in [-0.05, 0) is 69.2 Å². The Hall–Kier alpha value is -3.13. The molecule has 170 valence electrons. The van der Waals surface area contributed by atoms with E-state index in [0.29, 0.717) is 29.4 Å². The van der Waals surface area contributed by atoms with Gasteiger partial charge >= 0.3 is 0 Å². The summed E-state index contributed by atoms with van der Waals surface area (Å²) in [6, 6.07) is 3.86. The lowest BCUT2D eigenvalue weighted by atomic mass is 9.68. The summed E-state index contributed by atoms with van der Waals surface area (Å²) < 4.78 is 5.14.